The van der Waals surface area contributed by atoms with Gasteiger partial charge in [-0.05, 0) is 57.4 Å². The van der Waals surface area contributed by atoms with E-state index >= 15 is 0 Å². The van der Waals surface area contributed by atoms with Crippen LogP contribution >= 0.6 is 11.6 Å². The van der Waals surface area contributed by atoms with Crippen molar-refractivity contribution in [3.05, 3.63) is 29.3 Å². The lowest BCUT2D eigenvalue weighted by Gasteiger charge is -2.35. The van der Waals surface area contributed by atoms with Crippen molar-refractivity contribution < 1.29 is 13.2 Å². The summed E-state index contributed by atoms with van der Waals surface area (Å²) < 4.78 is 27.0. The second-order valence-electron chi connectivity index (χ2n) is 5.67. The fourth-order valence-corrected chi connectivity index (χ4v) is 3.96. The number of halogens is 1. The molecule has 1 aliphatic rings. The number of sulfonamides is 1. The van der Waals surface area contributed by atoms with Crippen molar-refractivity contribution >= 4 is 27.5 Å². The molecule has 122 valence electrons. The molecule has 0 spiro atoms. The van der Waals surface area contributed by atoms with Gasteiger partial charge in [-0.15, -0.1) is 0 Å². The number of piperidine rings is 1. The first kappa shape index (κ1) is 17.2. The van der Waals surface area contributed by atoms with Crippen molar-refractivity contribution in [1.29, 1.82) is 0 Å². The molecule has 1 amide bonds. The minimum atomic E-state index is -3.73. The van der Waals surface area contributed by atoms with E-state index in [0.29, 0.717) is 11.6 Å². The smallest absolute Gasteiger partial charge is 0.241 e. The van der Waals surface area contributed by atoms with Gasteiger partial charge in [-0.2, -0.15) is 4.72 Å². The molecule has 0 aromatic heterocycles. The minimum absolute atomic E-state index is 0.100. The molecule has 1 aromatic rings. The van der Waals surface area contributed by atoms with Crippen LogP contribution in [0.5, 0.6) is 0 Å². The Morgan fingerprint density at radius 2 is 1.95 bits per heavy atom. The molecule has 2 rings (SSSR count). The van der Waals surface area contributed by atoms with Gasteiger partial charge in [0.05, 0.1) is 10.9 Å². The molecule has 1 N–H and O–H groups in total. The molecule has 1 fully saturated rings. The summed E-state index contributed by atoms with van der Waals surface area (Å²) in [5.74, 6) is -0.176. The van der Waals surface area contributed by atoms with E-state index in [4.69, 9.17) is 11.6 Å². The monoisotopic (exact) mass is 344 g/mol. The van der Waals surface area contributed by atoms with E-state index in [1.807, 2.05) is 6.92 Å². The van der Waals surface area contributed by atoms with Crippen LogP contribution in [0, 0.1) is 0 Å². The number of hydrogen-bond donors (Lipinski definition) is 1. The van der Waals surface area contributed by atoms with Gasteiger partial charge >= 0.3 is 0 Å². The Bertz CT molecular complexity index is 631. The summed E-state index contributed by atoms with van der Waals surface area (Å²) in [6.07, 6.45) is 3.03. The van der Waals surface area contributed by atoms with E-state index in [0.717, 1.165) is 19.3 Å². The summed E-state index contributed by atoms with van der Waals surface area (Å²) in [5, 5.41) is 0.463. The highest BCUT2D eigenvalue weighted by atomic mass is 35.5. The predicted octanol–water partition coefficient (Wildman–Crippen LogP) is 2.41. The number of nitrogens with zero attached hydrogens (tertiary/aromatic N) is 1. The van der Waals surface area contributed by atoms with E-state index in [-0.39, 0.29) is 16.8 Å². The standard InChI is InChI=1S/C15H21ClN2O3S/c1-11-5-3-4-10-18(11)15(19)12(2)17-22(20,21)14-8-6-13(16)7-9-14/h6-9,11-12,17H,3-5,10H2,1-2H3. The maximum Gasteiger partial charge on any atom is 0.241 e. The molecular formula is C15H21ClN2O3S. The summed E-state index contributed by atoms with van der Waals surface area (Å²) in [7, 11) is -3.73. The van der Waals surface area contributed by atoms with Crippen molar-refractivity contribution in [2.45, 2.75) is 50.1 Å². The Morgan fingerprint density at radius 3 is 2.55 bits per heavy atom. The molecule has 5 nitrogen and oxygen atoms in total. The van der Waals surface area contributed by atoms with Crippen LogP contribution in [0.4, 0.5) is 0 Å². The SMILES string of the molecule is CC(NS(=O)(=O)c1ccc(Cl)cc1)C(=O)N1CCCCC1C. The third-order valence-corrected chi connectivity index (χ3v) is 5.72. The van der Waals surface area contributed by atoms with Crippen LogP contribution in [0.25, 0.3) is 0 Å². The Kier molecular flexibility index (Phi) is 5.47. The van der Waals surface area contributed by atoms with Crippen molar-refractivity contribution in [2.75, 3.05) is 6.54 Å². The maximum atomic E-state index is 12.4. The average Bonchev–Trinajstić information content (AvgIpc) is 2.47. The molecule has 1 saturated heterocycles. The molecule has 22 heavy (non-hydrogen) atoms. The Morgan fingerprint density at radius 1 is 1.32 bits per heavy atom. The number of hydrogen-bond acceptors (Lipinski definition) is 3. The molecule has 0 radical (unpaired) electrons. The summed E-state index contributed by atoms with van der Waals surface area (Å²) >= 11 is 5.76. The summed E-state index contributed by atoms with van der Waals surface area (Å²) in [5.41, 5.74) is 0. The number of carbonyl (C=O) groups excluding carboxylic acids is 1. The topological polar surface area (TPSA) is 66.5 Å². The van der Waals surface area contributed by atoms with Crippen LogP contribution in [0.1, 0.15) is 33.1 Å². The largest absolute Gasteiger partial charge is 0.339 e. The lowest BCUT2D eigenvalue weighted by atomic mass is 10.0. The molecule has 2 atom stereocenters. The van der Waals surface area contributed by atoms with Crippen LogP contribution < -0.4 is 4.72 Å². The van der Waals surface area contributed by atoms with Crippen molar-refractivity contribution in [2.24, 2.45) is 0 Å². The van der Waals surface area contributed by atoms with Gasteiger partial charge in [-0.25, -0.2) is 8.42 Å². The second-order valence-corrected chi connectivity index (χ2v) is 7.82. The first-order chi connectivity index (χ1) is 10.3. The molecule has 1 aromatic carbocycles. The van der Waals surface area contributed by atoms with E-state index in [1.165, 1.54) is 24.3 Å². The van der Waals surface area contributed by atoms with Gasteiger partial charge < -0.3 is 4.90 Å². The average molecular weight is 345 g/mol. The molecule has 0 aliphatic carbocycles. The molecule has 7 heteroatoms. The van der Waals surface area contributed by atoms with Crippen LogP contribution in [-0.2, 0) is 14.8 Å². The summed E-state index contributed by atoms with van der Waals surface area (Å²) in [6.45, 7) is 4.27. The third kappa shape index (κ3) is 4.00. The molecular weight excluding hydrogens is 324 g/mol. The number of benzene rings is 1. The van der Waals surface area contributed by atoms with E-state index in [2.05, 4.69) is 4.72 Å². The fraction of sp³-hybridized carbons (Fsp3) is 0.533. The van der Waals surface area contributed by atoms with Crippen LogP contribution in [0.2, 0.25) is 5.02 Å². The zero-order valence-corrected chi connectivity index (χ0v) is 14.3. The van der Waals surface area contributed by atoms with Crippen LogP contribution in [0.3, 0.4) is 0 Å². The predicted molar refractivity (Wildman–Crippen MR) is 86.3 cm³/mol. The normalized spacial score (nSPS) is 20.7. The first-order valence-electron chi connectivity index (χ1n) is 7.39. The molecule has 0 bridgehead atoms. The second kappa shape index (κ2) is 6.98. The van der Waals surface area contributed by atoms with Gasteiger partial charge in [0.25, 0.3) is 0 Å². The Labute approximate surface area is 136 Å². The highest BCUT2D eigenvalue weighted by Crippen LogP contribution is 2.18. The number of carbonyl (C=O) groups is 1. The highest BCUT2D eigenvalue weighted by Gasteiger charge is 2.29. The first-order valence-corrected chi connectivity index (χ1v) is 9.26. The van der Waals surface area contributed by atoms with Crippen LogP contribution in [-0.4, -0.2) is 37.9 Å². The molecule has 2 unspecified atom stereocenters. The third-order valence-electron chi connectivity index (χ3n) is 3.91. The lowest BCUT2D eigenvalue weighted by molar-refractivity contribution is -0.135. The van der Waals surface area contributed by atoms with E-state index < -0.39 is 16.1 Å². The zero-order valence-electron chi connectivity index (χ0n) is 12.8. The van der Waals surface area contributed by atoms with Gasteiger partial charge in [0.2, 0.25) is 15.9 Å². The summed E-state index contributed by atoms with van der Waals surface area (Å²) in [6, 6.07) is 5.23. The van der Waals surface area contributed by atoms with Gasteiger partial charge in [0.15, 0.2) is 0 Å². The zero-order chi connectivity index (χ0) is 16.3. The Balaban J connectivity index is 2.08. The van der Waals surface area contributed by atoms with Crippen molar-refractivity contribution in [1.82, 2.24) is 9.62 Å². The summed E-state index contributed by atoms with van der Waals surface area (Å²) in [4.78, 5) is 14.3. The number of likely N-dealkylation sites (tertiary alicyclic amines) is 1. The van der Waals surface area contributed by atoms with Gasteiger partial charge in [-0.1, -0.05) is 11.6 Å². The van der Waals surface area contributed by atoms with Gasteiger partial charge in [0.1, 0.15) is 0 Å². The van der Waals surface area contributed by atoms with Gasteiger partial charge in [-0.3, -0.25) is 4.79 Å². The lowest BCUT2D eigenvalue weighted by Crippen LogP contribution is -2.51. The molecule has 1 heterocycles. The van der Waals surface area contributed by atoms with Crippen molar-refractivity contribution in [3.63, 3.8) is 0 Å². The van der Waals surface area contributed by atoms with Gasteiger partial charge in [0, 0.05) is 17.6 Å². The quantitative estimate of drug-likeness (QED) is 0.912. The number of amides is 1. The van der Waals surface area contributed by atoms with E-state index in [1.54, 1.807) is 11.8 Å². The highest BCUT2D eigenvalue weighted by molar-refractivity contribution is 7.89. The minimum Gasteiger partial charge on any atom is -0.339 e. The number of nitrogens with one attached hydrogen (secondary N) is 1. The van der Waals surface area contributed by atoms with E-state index in [9.17, 15) is 13.2 Å². The van der Waals surface area contributed by atoms with Crippen molar-refractivity contribution in [3.8, 4) is 0 Å². The fourth-order valence-electron chi connectivity index (χ4n) is 2.64. The molecule has 0 saturated carbocycles. The molecule has 1 aliphatic heterocycles. The van der Waals surface area contributed by atoms with Crippen LogP contribution in [0.15, 0.2) is 29.2 Å². The maximum absolute atomic E-state index is 12.4. The number of rotatable bonds is 4. The Hall–Kier alpha value is -1.11.